The molecule has 4 N–H and O–H groups in total. The van der Waals surface area contributed by atoms with Crippen LogP contribution in [0.1, 0.15) is 10.5 Å². The number of carbonyl (C=O) groups is 1. The molecule has 5 heteroatoms. The minimum atomic E-state index is -0.499. The number of nitrogens with two attached hydrogens (primary N) is 1. The fourth-order valence-corrected chi connectivity index (χ4v) is 1.36. The molecule has 0 spiro atoms. The molecule has 0 aliphatic rings. The number of benzene rings is 1. The molecular formula is C12H11N3O2. The van der Waals surface area contributed by atoms with Crippen molar-refractivity contribution in [3.8, 4) is 5.75 Å². The normalized spacial score (nSPS) is 9.88. The highest BCUT2D eigenvalue weighted by Crippen LogP contribution is 2.19. The maximum absolute atomic E-state index is 11.8. The van der Waals surface area contributed by atoms with Crippen LogP contribution >= 0.6 is 0 Å². The van der Waals surface area contributed by atoms with Gasteiger partial charge in [-0.3, -0.25) is 4.79 Å². The second-order valence-corrected chi connectivity index (χ2v) is 3.41. The highest BCUT2D eigenvalue weighted by atomic mass is 16.3. The summed E-state index contributed by atoms with van der Waals surface area (Å²) in [6, 6.07) is 9.81. The van der Waals surface area contributed by atoms with Crippen molar-refractivity contribution in [3.63, 3.8) is 0 Å². The Kier molecular flexibility index (Phi) is 2.91. The molecule has 1 amide bonds. The molecular weight excluding hydrogens is 218 g/mol. The second-order valence-electron chi connectivity index (χ2n) is 3.41. The third kappa shape index (κ3) is 2.34. The van der Waals surface area contributed by atoms with Crippen molar-refractivity contribution in [2.24, 2.45) is 0 Å². The Labute approximate surface area is 97.9 Å². The second kappa shape index (κ2) is 4.52. The zero-order valence-electron chi connectivity index (χ0n) is 8.92. The van der Waals surface area contributed by atoms with E-state index in [2.05, 4.69) is 10.3 Å². The van der Waals surface area contributed by atoms with E-state index in [1.165, 1.54) is 12.3 Å². The molecule has 0 atom stereocenters. The fourth-order valence-electron chi connectivity index (χ4n) is 1.36. The molecule has 0 saturated carbocycles. The molecule has 1 aromatic heterocycles. The summed E-state index contributed by atoms with van der Waals surface area (Å²) < 4.78 is 0. The van der Waals surface area contributed by atoms with Gasteiger partial charge in [-0.2, -0.15) is 0 Å². The van der Waals surface area contributed by atoms with Crippen LogP contribution in [0.3, 0.4) is 0 Å². The number of aromatic hydroxyl groups is 1. The first-order valence-corrected chi connectivity index (χ1v) is 4.98. The summed E-state index contributed by atoms with van der Waals surface area (Å²) in [6.45, 7) is 0. The molecule has 0 radical (unpaired) electrons. The van der Waals surface area contributed by atoms with Gasteiger partial charge in [0.2, 0.25) is 0 Å². The zero-order valence-corrected chi connectivity index (χ0v) is 8.92. The molecule has 0 aliphatic carbocycles. The van der Waals surface area contributed by atoms with Crippen LogP contribution in [0, 0.1) is 0 Å². The first-order chi connectivity index (χ1) is 8.18. The largest absolute Gasteiger partial charge is 0.505 e. The van der Waals surface area contributed by atoms with Gasteiger partial charge in [-0.1, -0.05) is 12.1 Å². The lowest BCUT2D eigenvalue weighted by molar-refractivity contribution is 0.101. The van der Waals surface area contributed by atoms with Crippen LogP contribution in [-0.4, -0.2) is 16.0 Å². The van der Waals surface area contributed by atoms with E-state index in [0.717, 1.165) is 0 Å². The first kappa shape index (κ1) is 10.9. The summed E-state index contributed by atoms with van der Waals surface area (Å²) in [6.07, 6.45) is 1.43. The standard InChI is InChI=1S/C12H11N3O2/c13-8-4-1-2-5-9(8)15-12(17)11-10(16)6-3-7-14-11/h1-7,16H,13H2,(H,15,17). The average Bonchev–Trinajstić information content (AvgIpc) is 2.32. The quantitative estimate of drug-likeness (QED) is 0.683. The van der Waals surface area contributed by atoms with Gasteiger partial charge in [-0.05, 0) is 24.3 Å². The van der Waals surface area contributed by atoms with Crippen LogP contribution in [0.4, 0.5) is 11.4 Å². The number of nitrogens with one attached hydrogen (secondary N) is 1. The predicted molar refractivity (Wildman–Crippen MR) is 64.7 cm³/mol. The molecule has 0 bridgehead atoms. The number of para-hydroxylation sites is 2. The van der Waals surface area contributed by atoms with E-state index in [0.29, 0.717) is 11.4 Å². The minimum absolute atomic E-state index is 0.0317. The maximum Gasteiger partial charge on any atom is 0.278 e. The highest BCUT2D eigenvalue weighted by Gasteiger charge is 2.12. The van der Waals surface area contributed by atoms with Gasteiger partial charge in [0.05, 0.1) is 11.4 Å². The molecule has 2 rings (SSSR count). The molecule has 1 heterocycles. The zero-order chi connectivity index (χ0) is 12.3. The third-order valence-corrected chi connectivity index (χ3v) is 2.21. The van der Waals surface area contributed by atoms with Crippen LogP contribution in [-0.2, 0) is 0 Å². The lowest BCUT2D eigenvalue weighted by Gasteiger charge is -2.07. The fraction of sp³-hybridized carbons (Fsp3) is 0. The summed E-state index contributed by atoms with van der Waals surface area (Å²) in [5.41, 5.74) is 6.60. The first-order valence-electron chi connectivity index (χ1n) is 4.98. The monoisotopic (exact) mass is 229 g/mol. The number of nitrogen functional groups attached to an aromatic ring is 1. The molecule has 2 aromatic rings. The van der Waals surface area contributed by atoms with Crippen LogP contribution in [0.2, 0.25) is 0 Å². The highest BCUT2D eigenvalue weighted by molar-refractivity contribution is 6.05. The van der Waals surface area contributed by atoms with Crippen molar-refractivity contribution >= 4 is 17.3 Å². The van der Waals surface area contributed by atoms with Crippen molar-refractivity contribution in [1.29, 1.82) is 0 Å². The topological polar surface area (TPSA) is 88.2 Å². The Bertz CT molecular complexity index is 555. The van der Waals surface area contributed by atoms with E-state index in [1.54, 1.807) is 30.3 Å². The molecule has 5 nitrogen and oxygen atoms in total. The summed E-state index contributed by atoms with van der Waals surface area (Å²) in [7, 11) is 0. The van der Waals surface area contributed by atoms with Crippen molar-refractivity contribution in [2.45, 2.75) is 0 Å². The number of nitrogens with zero attached hydrogens (tertiary/aromatic N) is 1. The van der Waals surface area contributed by atoms with Gasteiger partial charge in [0.1, 0.15) is 5.75 Å². The predicted octanol–water partition coefficient (Wildman–Crippen LogP) is 1.62. The number of rotatable bonds is 2. The molecule has 1 aromatic carbocycles. The summed E-state index contributed by atoms with van der Waals surface area (Å²) in [5, 5.41) is 12.1. The average molecular weight is 229 g/mol. The SMILES string of the molecule is Nc1ccccc1NC(=O)c1ncccc1O. The van der Waals surface area contributed by atoms with E-state index in [4.69, 9.17) is 5.73 Å². The lowest BCUT2D eigenvalue weighted by Crippen LogP contribution is -2.14. The van der Waals surface area contributed by atoms with Gasteiger partial charge >= 0.3 is 0 Å². The van der Waals surface area contributed by atoms with E-state index < -0.39 is 5.91 Å². The summed E-state index contributed by atoms with van der Waals surface area (Å²) in [5.74, 6) is -0.666. The Balaban J connectivity index is 2.24. The van der Waals surface area contributed by atoms with Crippen molar-refractivity contribution in [3.05, 3.63) is 48.3 Å². The van der Waals surface area contributed by atoms with E-state index in [1.807, 2.05) is 0 Å². The number of amides is 1. The van der Waals surface area contributed by atoms with E-state index in [-0.39, 0.29) is 11.4 Å². The van der Waals surface area contributed by atoms with Gasteiger partial charge in [-0.15, -0.1) is 0 Å². The van der Waals surface area contributed by atoms with Gasteiger partial charge in [0.15, 0.2) is 5.69 Å². The van der Waals surface area contributed by atoms with E-state index in [9.17, 15) is 9.90 Å². The van der Waals surface area contributed by atoms with Gasteiger partial charge in [0, 0.05) is 6.20 Å². The maximum atomic E-state index is 11.8. The molecule has 0 aliphatic heterocycles. The molecule has 86 valence electrons. The summed E-state index contributed by atoms with van der Waals surface area (Å²) >= 11 is 0. The van der Waals surface area contributed by atoms with Crippen LogP contribution in [0.25, 0.3) is 0 Å². The number of carbonyl (C=O) groups excluding carboxylic acids is 1. The molecule has 17 heavy (non-hydrogen) atoms. The lowest BCUT2D eigenvalue weighted by atomic mass is 10.2. The third-order valence-electron chi connectivity index (χ3n) is 2.21. The van der Waals surface area contributed by atoms with Crippen LogP contribution < -0.4 is 11.1 Å². The van der Waals surface area contributed by atoms with E-state index >= 15 is 0 Å². The molecule has 0 saturated heterocycles. The number of pyridine rings is 1. The van der Waals surface area contributed by atoms with Crippen molar-refractivity contribution < 1.29 is 9.90 Å². The van der Waals surface area contributed by atoms with Crippen molar-refractivity contribution in [2.75, 3.05) is 11.1 Å². The van der Waals surface area contributed by atoms with Gasteiger partial charge in [-0.25, -0.2) is 4.98 Å². The number of hydrogen-bond acceptors (Lipinski definition) is 4. The Morgan fingerprint density at radius 2 is 2.00 bits per heavy atom. The molecule has 0 fully saturated rings. The summed E-state index contributed by atoms with van der Waals surface area (Å²) in [4.78, 5) is 15.6. The van der Waals surface area contributed by atoms with Gasteiger partial charge in [0.25, 0.3) is 5.91 Å². The van der Waals surface area contributed by atoms with Crippen LogP contribution in [0.15, 0.2) is 42.6 Å². The van der Waals surface area contributed by atoms with Crippen molar-refractivity contribution in [1.82, 2.24) is 4.98 Å². The van der Waals surface area contributed by atoms with Gasteiger partial charge < -0.3 is 16.2 Å². The molecule has 0 unspecified atom stereocenters. The van der Waals surface area contributed by atoms with Crippen LogP contribution in [0.5, 0.6) is 5.75 Å². The number of hydrogen-bond donors (Lipinski definition) is 3. The Morgan fingerprint density at radius 1 is 1.24 bits per heavy atom. The smallest absolute Gasteiger partial charge is 0.278 e. The Morgan fingerprint density at radius 3 is 2.71 bits per heavy atom. The minimum Gasteiger partial charge on any atom is -0.505 e. The number of aromatic nitrogens is 1. The Hall–Kier alpha value is -2.56. The number of anilines is 2.